The van der Waals surface area contributed by atoms with Gasteiger partial charge in [0, 0.05) is 18.1 Å². The molecule has 3 heteroatoms. The third-order valence-corrected chi connectivity index (χ3v) is 5.67. The van der Waals surface area contributed by atoms with Crippen molar-refractivity contribution in [2.24, 2.45) is 17.6 Å². The van der Waals surface area contributed by atoms with E-state index in [-0.39, 0.29) is 0 Å². The van der Waals surface area contributed by atoms with Crippen LogP contribution in [0.5, 0.6) is 0 Å². The molecule has 2 aliphatic carbocycles. The Morgan fingerprint density at radius 2 is 2.00 bits per heavy atom. The number of hydrogen-bond acceptors (Lipinski definition) is 3. The molecule has 2 aliphatic rings. The van der Waals surface area contributed by atoms with Crippen molar-refractivity contribution in [3.05, 3.63) is 0 Å². The highest BCUT2D eigenvalue weighted by Gasteiger charge is 2.38. The summed E-state index contributed by atoms with van der Waals surface area (Å²) in [5.74, 6) is 1.58. The van der Waals surface area contributed by atoms with E-state index in [0.29, 0.717) is 17.5 Å². The molecular formula is C16H33N3. The molecule has 0 aromatic rings. The van der Waals surface area contributed by atoms with E-state index in [4.69, 9.17) is 5.73 Å². The highest BCUT2D eigenvalue weighted by Crippen LogP contribution is 2.36. The predicted molar refractivity (Wildman–Crippen MR) is 82.2 cm³/mol. The van der Waals surface area contributed by atoms with E-state index in [1.54, 1.807) is 0 Å². The average molecular weight is 267 g/mol. The number of nitrogens with zero attached hydrogens (tertiary/aromatic N) is 1. The van der Waals surface area contributed by atoms with Crippen LogP contribution in [0.3, 0.4) is 0 Å². The van der Waals surface area contributed by atoms with E-state index in [1.165, 1.54) is 44.9 Å². The summed E-state index contributed by atoms with van der Waals surface area (Å²) >= 11 is 0. The number of nitrogens with two attached hydrogens (primary N) is 1. The lowest BCUT2D eigenvalue weighted by Crippen LogP contribution is -2.56. The zero-order chi connectivity index (χ0) is 13.9. The smallest absolute Gasteiger partial charge is 0.0330 e. The van der Waals surface area contributed by atoms with Gasteiger partial charge in [-0.1, -0.05) is 26.2 Å². The van der Waals surface area contributed by atoms with Gasteiger partial charge in [0.25, 0.3) is 0 Å². The van der Waals surface area contributed by atoms with Crippen LogP contribution in [-0.2, 0) is 0 Å². The van der Waals surface area contributed by atoms with Crippen LogP contribution >= 0.6 is 0 Å². The summed E-state index contributed by atoms with van der Waals surface area (Å²) in [4.78, 5) is 2.47. The Morgan fingerprint density at radius 1 is 1.21 bits per heavy atom. The highest BCUT2D eigenvalue weighted by atomic mass is 15.2. The Hall–Kier alpha value is -0.120. The lowest BCUT2D eigenvalue weighted by molar-refractivity contribution is 0.0708. The van der Waals surface area contributed by atoms with Gasteiger partial charge in [-0.25, -0.2) is 0 Å². The summed E-state index contributed by atoms with van der Waals surface area (Å²) in [6.07, 6.45) is 9.46. The van der Waals surface area contributed by atoms with E-state index in [2.05, 4.69) is 31.2 Å². The summed E-state index contributed by atoms with van der Waals surface area (Å²) in [5, 5.41) is 3.87. The van der Waals surface area contributed by atoms with Crippen molar-refractivity contribution in [1.29, 1.82) is 0 Å². The van der Waals surface area contributed by atoms with Crippen molar-refractivity contribution in [3.8, 4) is 0 Å². The molecule has 2 fully saturated rings. The molecule has 0 spiro atoms. The maximum absolute atomic E-state index is 5.90. The quantitative estimate of drug-likeness (QED) is 0.802. The Bertz CT molecular complexity index is 279. The molecule has 3 nitrogen and oxygen atoms in total. The van der Waals surface area contributed by atoms with Crippen LogP contribution in [0.25, 0.3) is 0 Å². The molecule has 0 saturated heterocycles. The van der Waals surface area contributed by atoms with Crippen molar-refractivity contribution in [3.63, 3.8) is 0 Å². The first-order valence-corrected chi connectivity index (χ1v) is 8.18. The van der Waals surface area contributed by atoms with Gasteiger partial charge in [-0.05, 0) is 58.2 Å². The number of hydrogen-bond donors (Lipinski definition) is 2. The number of likely N-dealkylation sites (N-methyl/N-ethyl adjacent to an activating group) is 1. The fraction of sp³-hybridized carbons (Fsp3) is 1.00. The third-order valence-electron chi connectivity index (χ3n) is 5.67. The van der Waals surface area contributed by atoms with E-state index < -0.39 is 0 Å². The van der Waals surface area contributed by atoms with Crippen LogP contribution in [-0.4, -0.2) is 43.7 Å². The van der Waals surface area contributed by atoms with Crippen molar-refractivity contribution in [2.45, 2.75) is 63.5 Å². The van der Waals surface area contributed by atoms with Gasteiger partial charge in [0.2, 0.25) is 0 Å². The second-order valence-electron chi connectivity index (χ2n) is 7.23. The lowest BCUT2D eigenvalue weighted by atomic mass is 9.75. The van der Waals surface area contributed by atoms with E-state index in [9.17, 15) is 0 Å². The van der Waals surface area contributed by atoms with Crippen molar-refractivity contribution in [1.82, 2.24) is 10.2 Å². The van der Waals surface area contributed by atoms with Gasteiger partial charge in [0.1, 0.15) is 0 Å². The molecule has 3 N–H and O–H groups in total. The molecule has 0 aromatic heterocycles. The van der Waals surface area contributed by atoms with Crippen LogP contribution < -0.4 is 11.1 Å². The van der Waals surface area contributed by atoms with E-state index in [0.717, 1.165) is 19.0 Å². The standard InChI is InChI=1S/C16H33N3/c1-13-6-5-9-16(10-13,19(2)3)12-18-15-8-4-7-14(15)11-17/h13-15,18H,4-12,17H2,1-3H3. The summed E-state index contributed by atoms with van der Waals surface area (Å²) in [7, 11) is 4.52. The zero-order valence-electron chi connectivity index (χ0n) is 13.1. The maximum atomic E-state index is 5.90. The van der Waals surface area contributed by atoms with Crippen molar-refractivity contribution in [2.75, 3.05) is 27.2 Å². The molecule has 0 aliphatic heterocycles. The van der Waals surface area contributed by atoms with Gasteiger partial charge < -0.3 is 16.0 Å². The van der Waals surface area contributed by atoms with Crippen LogP contribution in [0.4, 0.5) is 0 Å². The van der Waals surface area contributed by atoms with Gasteiger partial charge in [0.15, 0.2) is 0 Å². The van der Waals surface area contributed by atoms with Crippen LogP contribution in [0.15, 0.2) is 0 Å². The predicted octanol–water partition coefficient (Wildman–Crippen LogP) is 2.21. The number of rotatable bonds is 5. The molecule has 112 valence electrons. The minimum Gasteiger partial charge on any atom is -0.330 e. The maximum Gasteiger partial charge on any atom is 0.0330 e. The monoisotopic (exact) mass is 267 g/mol. The van der Waals surface area contributed by atoms with Crippen molar-refractivity contribution < 1.29 is 0 Å². The molecule has 4 unspecified atom stereocenters. The first-order valence-electron chi connectivity index (χ1n) is 8.18. The first-order chi connectivity index (χ1) is 9.07. The molecule has 0 bridgehead atoms. The molecule has 4 atom stereocenters. The Kier molecular flexibility index (Phi) is 5.27. The third kappa shape index (κ3) is 3.50. The van der Waals surface area contributed by atoms with Gasteiger partial charge in [-0.3, -0.25) is 0 Å². The average Bonchev–Trinajstić information content (AvgIpc) is 2.83. The Balaban J connectivity index is 1.93. The summed E-state index contributed by atoms with van der Waals surface area (Å²) in [5.41, 5.74) is 6.27. The SMILES string of the molecule is CC1CCCC(CNC2CCCC2CN)(N(C)C)C1. The minimum absolute atomic E-state index is 0.374. The summed E-state index contributed by atoms with van der Waals surface area (Å²) in [6, 6.07) is 0.666. The number of nitrogens with one attached hydrogen (secondary N) is 1. The second-order valence-corrected chi connectivity index (χ2v) is 7.23. The fourth-order valence-electron chi connectivity index (χ4n) is 4.27. The molecule has 0 amide bonds. The summed E-state index contributed by atoms with van der Waals surface area (Å²) in [6.45, 7) is 4.41. The van der Waals surface area contributed by atoms with Crippen LogP contribution in [0.1, 0.15) is 51.9 Å². The summed E-state index contributed by atoms with van der Waals surface area (Å²) < 4.78 is 0. The lowest BCUT2D eigenvalue weighted by Gasteiger charge is -2.46. The Morgan fingerprint density at radius 3 is 2.63 bits per heavy atom. The molecule has 19 heavy (non-hydrogen) atoms. The van der Waals surface area contributed by atoms with Gasteiger partial charge >= 0.3 is 0 Å². The molecule has 0 radical (unpaired) electrons. The van der Waals surface area contributed by atoms with Crippen molar-refractivity contribution >= 4 is 0 Å². The van der Waals surface area contributed by atoms with Gasteiger partial charge in [0.05, 0.1) is 0 Å². The van der Waals surface area contributed by atoms with Gasteiger partial charge in [-0.15, -0.1) is 0 Å². The molecule has 0 heterocycles. The first kappa shape index (κ1) is 15.3. The van der Waals surface area contributed by atoms with Gasteiger partial charge in [-0.2, -0.15) is 0 Å². The second kappa shape index (κ2) is 6.55. The van der Waals surface area contributed by atoms with Crippen LogP contribution in [0, 0.1) is 11.8 Å². The van der Waals surface area contributed by atoms with Crippen LogP contribution in [0.2, 0.25) is 0 Å². The topological polar surface area (TPSA) is 41.3 Å². The zero-order valence-corrected chi connectivity index (χ0v) is 13.1. The highest BCUT2D eigenvalue weighted by molar-refractivity contribution is 4.96. The molecular weight excluding hydrogens is 234 g/mol. The molecule has 2 rings (SSSR count). The fourth-order valence-corrected chi connectivity index (χ4v) is 4.27. The normalized spacial score (nSPS) is 39.9. The largest absolute Gasteiger partial charge is 0.330 e. The Labute approximate surface area is 119 Å². The van der Waals surface area contributed by atoms with E-state index >= 15 is 0 Å². The minimum atomic E-state index is 0.374. The molecule has 2 saturated carbocycles. The molecule has 0 aromatic carbocycles. The van der Waals surface area contributed by atoms with E-state index in [1.807, 2.05) is 0 Å².